The summed E-state index contributed by atoms with van der Waals surface area (Å²) in [7, 11) is -9.91. The van der Waals surface area contributed by atoms with Crippen molar-refractivity contribution in [1.82, 2.24) is 0 Å². The molecule has 0 aromatic carbocycles. The summed E-state index contributed by atoms with van der Waals surface area (Å²) in [5.74, 6) is 0.914. The molecule has 0 aromatic heterocycles. The van der Waals surface area contributed by atoms with Crippen LogP contribution >= 0.6 is 15.6 Å². The van der Waals surface area contributed by atoms with E-state index in [2.05, 4.69) is 55.4 Å². The monoisotopic (exact) mass is 1400 g/mol. The minimum absolute atomic E-state index is 0.105. The van der Waals surface area contributed by atoms with E-state index in [0.29, 0.717) is 31.6 Å². The van der Waals surface area contributed by atoms with Gasteiger partial charge in [0.05, 0.1) is 26.4 Å². The molecule has 0 spiro atoms. The predicted octanol–water partition coefficient (Wildman–Crippen LogP) is 22.0. The van der Waals surface area contributed by atoms with Crippen LogP contribution < -0.4 is 0 Å². The van der Waals surface area contributed by atoms with Gasteiger partial charge < -0.3 is 33.8 Å². The van der Waals surface area contributed by atoms with E-state index in [0.717, 1.165) is 114 Å². The lowest BCUT2D eigenvalue weighted by molar-refractivity contribution is -0.161. The summed E-state index contributed by atoms with van der Waals surface area (Å²) in [5.41, 5.74) is 0. The molecule has 19 heteroatoms. The van der Waals surface area contributed by atoms with Crippen LogP contribution in [0.4, 0.5) is 0 Å². The summed E-state index contributed by atoms with van der Waals surface area (Å²) in [4.78, 5) is 72.8. The van der Waals surface area contributed by atoms with Crippen LogP contribution in [0.15, 0.2) is 0 Å². The molecule has 0 saturated heterocycles. The van der Waals surface area contributed by atoms with Gasteiger partial charge >= 0.3 is 39.5 Å². The Labute approximate surface area is 581 Å². The molecule has 0 aliphatic rings. The highest BCUT2D eigenvalue weighted by Crippen LogP contribution is 2.45. The lowest BCUT2D eigenvalue weighted by Gasteiger charge is -2.21. The zero-order chi connectivity index (χ0) is 70.3. The Kier molecular flexibility index (Phi) is 64.0. The molecule has 0 rings (SSSR count). The number of aliphatic hydroxyl groups is 1. The number of unbranched alkanes of at least 4 members (excludes halogenated alkanes) is 39. The van der Waals surface area contributed by atoms with Gasteiger partial charge in [-0.1, -0.05) is 331 Å². The normalized spacial score (nSPS) is 14.1. The highest BCUT2D eigenvalue weighted by molar-refractivity contribution is 7.47. The molecule has 0 bridgehead atoms. The molecule has 0 fully saturated rings. The highest BCUT2D eigenvalue weighted by atomic mass is 31.2. The molecule has 0 aliphatic heterocycles. The lowest BCUT2D eigenvalue weighted by atomic mass is 10.0. The fraction of sp³-hybridized carbons (Fsp3) is 0.947. The molecule has 5 atom stereocenters. The number of phosphoric ester groups is 2. The summed E-state index contributed by atoms with van der Waals surface area (Å²) < 4.78 is 68.5. The summed E-state index contributed by atoms with van der Waals surface area (Å²) in [6, 6.07) is 0. The van der Waals surface area contributed by atoms with Crippen molar-refractivity contribution >= 4 is 39.5 Å². The second kappa shape index (κ2) is 65.4. The van der Waals surface area contributed by atoms with E-state index in [1.54, 1.807) is 0 Å². The predicted molar refractivity (Wildman–Crippen MR) is 386 cm³/mol. The van der Waals surface area contributed by atoms with Crippen molar-refractivity contribution in [1.29, 1.82) is 0 Å². The minimum atomic E-state index is -4.96. The van der Waals surface area contributed by atoms with Gasteiger partial charge in [-0.25, -0.2) is 9.13 Å². The molecule has 0 aliphatic carbocycles. The van der Waals surface area contributed by atoms with Gasteiger partial charge in [0, 0.05) is 25.7 Å². The first-order valence-corrected chi connectivity index (χ1v) is 42.2. The van der Waals surface area contributed by atoms with E-state index in [-0.39, 0.29) is 25.7 Å². The third-order valence-corrected chi connectivity index (χ3v) is 19.5. The number of carbonyl (C=O) groups excluding carboxylic acids is 4. The van der Waals surface area contributed by atoms with Gasteiger partial charge in [-0.3, -0.25) is 37.3 Å². The Morgan fingerprint density at radius 1 is 0.263 bits per heavy atom. The molecule has 17 nitrogen and oxygen atoms in total. The average molecular weight is 1400 g/mol. The molecule has 3 N–H and O–H groups in total. The van der Waals surface area contributed by atoms with Crippen molar-refractivity contribution in [3.63, 3.8) is 0 Å². The van der Waals surface area contributed by atoms with E-state index < -0.39 is 97.5 Å². The smallest absolute Gasteiger partial charge is 0.462 e. The standard InChI is InChI=1S/C76H148O17P2/c1-66(2)52-44-36-28-21-15-11-9-10-12-18-24-32-40-48-56-73(78)86-62-71(92-75(80)58-50-42-33-25-19-13-16-22-29-37-45-53-67(3)4)64-90-94(82,83)88-60-70(77)61-89-95(84,85)91-65-72(63-87-74(79)57-49-41-35-27-31-39-47-55-69(7)8)93-76(81)59-51-43-34-26-20-14-17-23-30-38-46-54-68(5)6/h66-72,77H,9-65H2,1-8H3,(H,82,83)(H,84,85)/t70?,71-,72-/m1/s1. The molecule has 564 valence electrons. The van der Waals surface area contributed by atoms with Gasteiger partial charge in [-0.2, -0.15) is 0 Å². The summed E-state index contributed by atoms with van der Waals surface area (Å²) in [5, 5.41) is 10.6. The number of phosphoric acid groups is 2. The lowest BCUT2D eigenvalue weighted by Crippen LogP contribution is -2.30. The van der Waals surface area contributed by atoms with Crippen LogP contribution in [-0.4, -0.2) is 96.7 Å². The SMILES string of the molecule is CC(C)CCCCCCCCCCCCCCCCC(=O)OC[C@H](COP(=O)(O)OCC(O)COP(=O)(O)OC[C@@H](COC(=O)CCCCCCCCCC(C)C)OC(=O)CCCCCCCCCCCCCC(C)C)OC(=O)CCCCCCCCCCCCCC(C)C. The van der Waals surface area contributed by atoms with E-state index >= 15 is 0 Å². The number of ether oxygens (including phenoxy) is 4. The maximum Gasteiger partial charge on any atom is 0.472 e. The first kappa shape index (κ1) is 93.1. The maximum atomic E-state index is 13.1. The fourth-order valence-corrected chi connectivity index (χ4v) is 13.1. The third-order valence-electron chi connectivity index (χ3n) is 17.6. The molecule has 0 heterocycles. The first-order chi connectivity index (χ1) is 45.6. The largest absolute Gasteiger partial charge is 0.472 e. The van der Waals surface area contributed by atoms with Crippen LogP contribution in [0.3, 0.4) is 0 Å². The summed E-state index contributed by atoms with van der Waals surface area (Å²) in [6.45, 7) is 14.2. The van der Waals surface area contributed by atoms with Crippen molar-refractivity contribution in [3.05, 3.63) is 0 Å². The fourth-order valence-electron chi connectivity index (χ4n) is 11.6. The van der Waals surface area contributed by atoms with Gasteiger partial charge in [0.25, 0.3) is 0 Å². The average Bonchev–Trinajstić information content (AvgIpc) is 1.34. The zero-order valence-corrected chi connectivity index (χ0v) is 64.1. The quantitative estimate of drug-likeness (QED) is 0.0222. The number of hydrogen-bond acceptors (Lipinski definition) is 15. The molecule has 95 heavy (non-hydrogen) atoms. The highest BCUT2D eigenvalue weighted by Gasteiger charge is 2.30. The molecule has 0 saturated carbocycles. The Morgan fingerprint density at radius 3 is 0.653 bits per heavy atom. The molecule has 0 amide bonds. The number of carbonyl (C=O) groups is 4. The number of aliphatic hydroxyl groups excluding tert-OH is 1. The second-order valence-corrected chi connectivity index (χ2v) is 32.2. The second-order valence-electron chi connectivity index (χ2n) is 29.3. The van der Waals surface area contributed by atoms with Gasteiger partial charge in [0.15, 0.2) is 12.2 Å². The molecule has 0 radical (unpaired) electrons. The zero-order valence-electron chi connectivity index (χ0n) is 62.3. The van der Waals surface area contributed by atoms with Crippen molar-refractivity contribution in [2.75, 3.05) is 39.6 Å². The Balaban J connectivity index is 5.25. The van der Waals surface area contributed by atoms with E-state index in [1.165, 1.54) is 180 Å². The topological polar surface area (TPSA) is 237 Å². The van der Waals surface area contributed by atoms with Crippen LogP contribution in [0.1, 0.15) is 383 Å². The van der Waals surface area contributed by atoms with Crippen LogP contribution in [0.2, 0.25) is 0 Å². The summed E-state index contributed by atoms with van der Waals surface area (Å²) >= 11 is 0. The Bertz CT molecular complexity index is 1870. The van der Waals surface area contributed by atoms with Crippen LogP contribution in [-0.2, 0) is 65.4 Å². The van der Waals surface area contributed by atoms with E-state index in [4.69, 9.17) is 37.0 Å². The number of hydrogen-bond donors (Lipinski definition) is 3. The van der Waals surface area contributed by atoms with Crippen molar-refractivity contribution in [2.45, 2.75) is 401 Å². The van der Waals surface area contributed by atoms with Crippen LogP contribution in [0.25, 0.3) is 0 Å². The van der Waals surface area contributed by atoms with Crippen LogP contribution in [0.5, 0.6) is 0 Å². The van der Waals surface area contributed by atoms with Gasteiger partial charge in [0.1, 0.15) is 19.3 Å². The van der Waals surface area contributed by atoms with Gasteiger partial charge in [-0.05, 0) is 49.4 Å². The third kappa shape index (κ3) is 70.3. The van der Waals surface area contributed by atoms with Crippen molar-refractivity contribution in [2.24, 2.45) is 23.7 Å². The molecular weight excluding hydrogens is 1250 g/mol. The van der Waals surface area contributed by atoms with E-state index in [1.807, 2.05) is 0 Å². The number of rotatable bonds is 73. The van der Waals surface area contributed by atoms with E-state index in [9.17, 15) is 43.2 Å². The first-order valence-electron chi connectivity index (χ1n) is 39.2. The van der Waals surface area contributed by atoms with Gasteiger partial charge in [0.2, 0.25) is 0 Å². The Morgan fingerprint density at radius 2 is 0.442 bits per heavy atom. The van der Waals surface area contributed by atoms with Crippen molar-refractivity contribution < 1.29 is 80.2 Å². The Hall–Kier alpha value is -1.94. The van der Waals surface area contributed by atoms with Crippen molar-refractivity contribution in [3.8, 4) is 0 Å². The van der Waals surface area contributed by atoms with Gasteiger partial charge in [-0.15, -0.1) is 0 Å². The molecule has 0 aromatic rings. The number of esters is 4. The minimum Gasteiger partial charge on any atom is -0.462 e. The molecular formula is C76H148O17P2. The van der Waals surface area contributed by atoms with Crippen LogP contribution in [0, 0.1) is 23.7 Å². The summed E-state index contributed by atoms with van der Waals surface area (Å²) in [6.07, 6.45) is 50.0. The maximum absolute atomic E-state index is 13.1. The molecule has 3 unspecified atom stereocenters.